The molecule has 130 valence electrons. The van der Waals surface area contributed by atoms with E-state index in [2.05, 4.69) is 0 Å². The van der Waals surface area contributed by atoms with Crippen molar-refractivity contribution in [2.45, 2.75) is 0 Å². The zero-order valence-electron chi connectivity index (χ0n) is 14.9. The van der Waals surface area contributed by atoms with Gasteiger partial charge < -0.3 is 4.90 Å². The topological polar surface area (TPSA) is 40.6 Å². The number of hydrogen-bond donors (Lipinski definition) is 0. The van der Waals surface area contributed by atoms with Gasteiger partial charge in [-0.05, 0) is 48.8 Å². The van der Waals surface area contributed by atoms with Gasteiger partial charge in [0.2, 0.25) is 0 Å². The second kappa shape index (κ2) is 6.39. The van der Waals surface area contributed by atoms with E-state index in [4.69, 9.17) is 0 Å². The van der Waals surface area contributed by atoms with Crippen LogP contribution in [0.3, 0.4) is 0 Å². The maximum atomic E-state index is 13.1. The van der Waals surface area contributed by atoms with Crippen LogP contribution in [0.1, 0.15) is 20.7 Å². The summed E-state index contributed by atoms with van der Waals surface area (Å²) in [6, 6.07) is 19.6. The largest absolute Gasteiger partial charge is 0.308 e. The standard InChI is InChI=1S/C22H20N2O2/c1-23(2)11-12-24-21(25)18-10-6-9-16-13-17(15-7-4-3-5-8-15)14-19(20(16)18)22(24)26/h3-10,13-14H,11-12H2,1-2H3. The fourth-order valence-corrected chi connectivity index (χ4v) is 3.46. The third-order valence-electron chi connectivity index (χ3n) is 4.81. The minimum Gasteiger partial charge on any atom is -0.308 e. The number of benzene rings is 3. The fourth-order valence-electron chi connectivity index (χ4n) is 3.46. The smallest absolute Gasteiger partial charge is 0.261 e. The summed E-state index contributed by atoms with van der Waals surface area (Å²) in [5, 5.41) is 1.69. The first-order valence-corrected chi connectivity index (χ1v) is 8.69. The molecule has 0 saturated carbocycles. The first kappa shape index (κ1) is 16.5. The fraction of sp³-hybridized carbons (Fsp3) is 0.182. The van der Waals surface area contributed by atoms with Gasteiger partial charge in [0, 0.05) is 29.6 Å². The number of carbonyl (C=O) groups is 2. The van der Waals surface area contributed by atoms with Crippen LogP contribution < -0.4 is 0 Å². The van der Waals surface area contributed by atoms with Crippen LogP contribution in [-0.2, 0) is 0 Å². The van der Waals surface area contributed by atoms with Gasteiger partial charge in [0.05, 0.1) is 0 Å². The summed E-state index contributed by atoms with van der Waals surface area (Å²) >= 11 is 0. The van der Waals surface area contributed by atoms with Crippen LogP contribution in [0.4, 0.5) is 0 Å². The minimum atomic E-state index is -0.210. The van der Waals surface area contributed by atoms with Crippen molar-refractivity contribution in [1.29, 1.82) is 0 Å². The predicted molar refractivity (Wildman–Crippen MR) is 103 cm³/mol. The molecule has 0 unspecified atom stereocenters. The summed E-state index contributed by atoms with van der Waals surface area (Å²) in [7, 11) is 3.86. The van der Waals surface area contributed by atoms with Gasteiger partial charge in [-0.3, -0.25) is 14.5 Å². The Morgan fingerprint density at radius 3 is 2.27 bits per heavy atom. The molecule has 0 atom stereocenters. The first-order chi connectivity index (χ1) is 12.6. The maximum Gasteiger partial charge on any atom is 0.261 e. The number of imide groups is 1. The number of amides is 2. The van der Waals surface area contributed by atoms with Gasteiger partial charge in [0.15, 0.2) is 0 Å². The third kappa shape index (κ3) is 2.68. The van der Waals surface area contributed by atoms with Crippen molar-refractivity contribution in [3.8, 4) is 11.1 Å². The Morgan fingerprint density at radius 2 is 1.54 bits per heavy atom. The Balaban J connectivity index is 1.89. The van der Waals surface area contributed by atoms with Crippen molar-refractivity contribution in [2.24, 2.45) is 0 Å². The average Bonchev–Trinajstić information content (AvgIpc) is 2.66. The monoisotopic (exact) mass is 344 g/mol. The van der Waals surface area contributed by atoms with E-state index < -0.39 is 0 Å². The Bertz CT molecular complexity index is 1010. The van der Waals surface area contributed by atoms with Crippen LogP contribution in [0.2, 0.25) is 0 Å². The molecule has 4 rings (SSSR count). The number of rotatable bonds is 4. The Morgan fingerprint density at radius 1 is 0.808 bits per heavy atom. The summed E-state index contributed by atoms with van der Waals surface area (Å²) in [5.74, 6) is -0.416. The lowest BCUT2D eigenvalue weighted by molar-refractivity contribution is 0.0601. The van der Waals surface area contributed by atoms with Gasteiger partial charge in [-0.2, -0.15) is 0 Å². The molecule has 2 amide bonds. The highest BCUT2D eigenvalue weighted by atomic mass is 16.2. The summed E-state index contributed by atoms with van der Waals surface area (Å²) in [6.45, 7) is 1.03. The van der Waals surface area contributed by atoms with Crippen LogP contribution in [-0.4, -0.2) is 48.8 Å². The molecule has 0 spiro atoms. The molecule has 0 bridgehead atoms. The number of carbonyl (C=O) groups excluding carboxylic acids is 2. The van der Waals surface area contributed by atoms with Gasteiger partial charge in [-0.25, -0.2) is 0 Å². The Hall–Kier alpha value is -2.98. The molecule has 0 saturated heterocycles. The SMILES string of the molecule is CN(C)CCN1C(=O)c2cccc3cc(-c4ccccc4)cc(c23)C1=O. The van der Waals surface area contributed by atoms with E-state index in [1.54, 1.807) is 0 Å². The van der Waals surface area contributed by atoms with E-state index in [1.165, 1.54) is 4.90 Å². The van der Waals surface area contributed by atoms with Crippen molar-refractivity contribution in [1.82, 2.24) is 9.80 Å². The van der Waals surface area contributed by atoms with Crippen LogP contribution in [0, 0.1) is 0 Å². The number of hydrogen-bond acceptors (Lipinski definition) is 3. The van der Waals surface area contributed by atoms with E-state index >= 15 is 0 Å². The summed E-state index contributed by atoms with van der Waals surface area (Å²) in [5.41, 5.74) is 3.26. The van der Waals surface area contributed by atoms with Crippen molar-refractivity contribution in [2.75, 3.05) is 27.2 Å². The molecular weight excluding hydrogens is 324 g/mol. The summed E-state index contributed by atoms with van der Waals surface area (Å²) < 4.78 is 0. The van der Waals surface area contributed by atoms with E-state index in [9.17, 15) is 9.59 Å². The van der Waals surface area contributed by atoms with Gasteiger partial charge in [0.1, 0.15) is 0 Å². The molecule has 4 heteroatoms. The quantitative estimate of drug-likeness (QED) is 0.678. The Labute approximate surface area is 152 Å². The van der Waals surface area contributed by atoms with Crippen LogP contribution >= 0.6 is 0 Å². The average molecular weight is 344 g/mol. The molecule has 3 aromatic carbocycles. The normalized spacial score (nSPS) is 13.7. The highest BCUT2D eigenvalue weighted by Crippen LogP contribution is 2.34. The van der Waals surface area contributed by atoms with Crippen LogP contribution in [0.5, 0.6) is 0 Å². The van der Waals surface area contributed by atoms with Crippen molar-refractivity contribution >= 4 is 22.6 Å². The van der Waals surface area contributed by atoms with Crippen LogP contribution in [0.25, 0.3) is 21.9 Å². The van der Waals surface area contributed by atoms with Gasteiger partial charge in [-0.15, -0.1) is 0 Å². The number of likely N-dealkylation sites (N-methyl/N-ethyl adjacent to an activating group) is 1. The molecule has 0 radical (unpaired) electrons. The molecule has 3 aromatic rings. The maximum absolute atomic E-state index is 13.1. The zero-order chi connectivity index (χ0) is 18.3. The second-order valence-electron chi connectivity index (χ2n) is 6.86. The molecule has 1 aliphatic heterocycles. The van der Waals surface area contributed by atoms with Gasteiger partial charge in [0.25, 0.3) is 11.8 Å². The lowest BCUT2D eigenvalue weighted by Crippen LogP contribution is -2.43. The zero-order valence-corrected chi connectivity index (χ0v) is 14.9. The highest BCUT2D eigenvalue weighted by molar-refractivity contribution is 6.26. The predicted octanol–water partition coefficient (Wildman–Crippen LogP) is 3.66. The van der Waals surface area contributed by atoms with E-state index in [0.717, 1.165) is 21.9 Å². The molecule has 26 heavy (non-hydrogen) atoms. The van der Waals surface area contributed by atoms with Gasteiger partial charge >= 0.3 is 0 Å². The summed E-state index contributed by atoms with van der Waals surface area (Å²) in [6.07, 6.45) is 0. The van der Waals surface area contributed by atoms with E-state index in [-0.39, 0.29) is 11.8 Å². The lowest BCUT2D eigenvalue weighted by Gasteiger charge is -2.28. The lowest BCUT2D eigenvalue weighted by atomic mass is 9.90. The third-order valence-corrected chi connectivity index (χ3v) is 4.81. The molecule has 1 aliphatic rings. The highest BCUT2D eigenvalue weighted by Gasteiger charge is 2.32. The van der Waals surface area contributed by atoms with Gasteiger partial charge in [-0.1, -0.05) is 42.5 Å². The Kier molecular flexibility index (Phi) is 4.05. The molecule has 0 aromatic heterocycles. The van der Waals surface area contributed by atoms with Crippen molar-refractivity contribution < 1.29 is 9.59 Å². The molecule has 0 aliphatic carbocycles. The molecule has 4 nitrogen and oxygen atoms in total. The van der Waals surface area contributed by atoms with E-state index in [1.807, 2.05) is 79.7 Å². The summed E-state index contributed by atoms with van der Waals surface area (Å²) in [4.78, 5) is 29.3. The number of nitrogens with zero attached hydrogens (tertiary/aromatic N) is 2. The van der Waals surface area contributed by atoms with Crippen molar-refractivity contribution in [3.63, 3.8) is 0 Å². The molecule has 0 fully saturated rings. The van der Waals surface area contributed by atoms with Crippen LogP contribution in [0.15, 0.2) is 60.7 Å². The van der Waals surface area contributed by atoms with E-state index in [0.29, 0.717) is 24.2 Å². The molecular formula is C22H20N2O2. The first-order valence-electron chi connectivity index (χ1n) is 8.69. The minimum absolute atomic E-state index is 0.206. The molecule has 0 N–H and O–H groups in total. The van der Waals surface area contributed by atoms with Crippen molar-refractivity contribution in [3.05, 3.63) is 71.8 Å². The second-order valence-corrected chi connectivity index (χ2v) is 6.86. The molecule has 1 heterocycles.